The Morgan fingerprint density at radius 1 is 1.60 bits per heavy atom. The molecule has 1 aliphatic rings. The Hall–Kier alpha value is -0.640. The van der Waals surface area contributed by atoms with Crippen LogP contribution in [0.5, 0.6) is 0 Å². The third-order valence-electron chi connectivity index (χ3n) is 1.40. The standard InChI is InChI=1S/C7H11NO2/c8-5-6-2-1-3-7(9,10)4-6/h1-2,4,9-10H,3,5,8H2. The summed E-state index contributed by atoms with van der Waals surface area (Å²) in [5, 5.41) is 18.1. The smallest absolute Gasteiger partial charge is 0.186 e. The van der Waals surface area contributed by atoms with Gasteiger partial charge in [-0.25, -0.2) is 0 Å². The van der Waals surface area contributed by atoms with Crippen LogP contribution in [0.25, 0.3) is 0 Å². The molecule has 0 amide bonds. The molecule has 4 N–H and O–H groups in total. The molecule has 0 spiro atoms. The molecule has 10 heavy (non-hydrogen) atoms. The Morgan fingerprint density at radius 3 is 2.70 bits per heavy atom. The van der Waals surface area contributed by atoms with E-state index in [2.05, 4.69) is 0 Å². The van der Waals surface area contributed by atoms with Gasteiger partial charge in [-0.3, -0.25) is 0 Å². The molecule has 0 saturated heterocycles. The molecular weight excluding hydrogens is 130 g/mol. The minimum absolute atomic E-state index is 0.247. The normalized spacial score (nSPS) is 22.5. The molecule has 0 atom stereocenters. The van der Waals surface area contributed by atoms with E-state index in [-0.39, 0.29) is 6.42 Å². The Labute approximate surface area is 59.5 Å². The lowest BCUT2D eigenvalue weighted by Crippen LogP contribution is -2.27. The zero-order chi connectivity index (χ0) is 7.61. The molecule has 0 radical (unpaired) electrons. The Kier molecular flexibility index (Phi) is 1.89. The molecule has 0 aliphatic heterocycles. The zero-order valence-corrected chi connectivity index (χ0v) is 5.62. The van der Waals surface area contributed by atoms with Crippen molar-refractivity contribution < 1.29 is 10.2 Å². The van der Waals surface area contributed by atoms with Crippen molar-refractivity contribution in [2.45, 2.75) is 12.2 Å². The average molecular weight is 141 g/mol. The van der Waals surface area contributed by atoms with Crippen LogP contribution in [-0.4, -0.2) is 22.5 Å². The van der Waals surface area contributed by atoms with Crippen molar-refractivity contribution in [3.63, 3.8) is 0 Å². The van der Waals surface area contributed by atoms with E-state index >= 15 is 0 Å². The first kappa shape index (κ1) is 7.47. The van der Waals surface area contributed by atoms with E-state index in [1.54, 1.807) is 12.2 Å². The van der Waals surface area contributed by atoms with E-state index in [4.69, 9.17) is 15.9 Å². The largest absolute Gasteiger partial charge is 0.362 e. The molecule has 0 aromatic carbocycles. The first-order valence-electron chi connectivity index (χ1n) is 3.17. The van der Waals surface area contributed by atoms with Gasteiger partial charge in [0.25, 0.3) is 0 Å². The molecule has 0 heterocycles. The minimum atomic E-state index is -1.68. The minimum Gasteiger partial charge on any atom is -0.362 e. The summed E-state index contributed by atoms with van der Waals surface area (Å²) in [5.74, 6) is -1.68. The molecule has 3 heteroatoms. The van der Waals surface area contributed by atoms with Gasteiger partial charge in [0, 0.05) is 13.0 Å². The van der Waals surface area contributed by atoms with E-state index in [1.807, 2.05) is 0 Å². The highest BCUT2D eigenvalue weighted by molar-refractivity contribution is 5.27. The third kappa shape index (κ3) is 1.67. The maximum atomic E-state index is 9.05. The van der Waals surface area contributed by atoms with Crippen LogP contribution in [0.15, 0.2) is 23.8 Å². The number of nitrogens with two attached hydrogens (primary N) is 1. The molecule has 3 nitrogen and oxygen atoms in total. The van der Waals surface area contributed by atoms with Crippen molar-refractivity contribution >= 4 is 0 Å². The molecule has 1 aliphatic carbocycles. The highest BCUT2D eigenvalue weighted by atomic mass is 16.5. The SMILES string of the molecule is NCC1=CC(O)(O)CC=C1. The van der Waals surface area contributed by atoms with Crippen LogP contribution in [-0.2, 0) is 0 Å². The topological polar surface area (TPSA) is 66.5 Å². The van der Waals surface area contributed by atoms with E-state index in [1.165, 1.54) is 6.08 Å². The molecule has 0 aromatic heterocycles. The van der Waals surface area contributed by atoms with Crippen LogP contribution >= 0.6 is 0 Å². The van der Waals surface area contributed by atoms with Gasteiger partial charge in [-0.2, -0.15) is 0 Å². The summed E-state index contributed by atoms with van der Waals surface area (Å²) in [6.07, 6.45) is 5.11. The number of hydrogen-bond donors (Lipinski definition) is 3. The first-order chi connectivity index (χ1) is 4.64. The van der Waals surface area contributed by atoms with E-state index in [0.717, 1.165) is 5.57 Å². The Morgan fingerprint density at radius 2 is 2.30 bits per heavy atom. The second-order valence-corrected chi connectivity index (χ2v) is 2.41. The lowest BCUT2D eigenvalue weighted by Gasteiger charge is -2.19. The summed E-state index contributed by atoms with van der Waals surface area (Å²) in [4.78, 5) is 0. The van der Waals surface area contributed by atoms with Gasteiger partial charge < -0.3 is 15.9 Å². The summed E-state index contributed by atoms with van der Waals surface area (Å²) in [5.41, 5.74) is 6.04. The molecule has 0 bridgehead atoms. The number of rotatable bonds is 1. The highest BCUT2D eigenvalue weighted by Crippen LogP contribution is 2.17. The number of hydrogen-bond acceptors (Lipinski definition) is 3. The summed E-state index contributed by atoms with van der Waals surface area (Å²) in [6.45, 7) is 0.347. The molecule has 0 saturated carbocycles. The maximum absolute atomic E-state index is 9.05. The van der Waals surface area contributed by atoms with Gasteiger partial charge in [-0.15, -0.1) is 0 Å². The summed E-state index contributed by atoms with van der Waals surface area (Å²) in [7, 11) is 0. The summed E-state index contributed by atoms with van der Waals surface area (Å²) < 4.78 is 0. The van der Waals surface area contributed by atoms with Crippen LogP contribution in [0.4, 0.5) is 0 Å². The van der Waals surface area contributed by atoms with E-state index in [9.17, 15) is 0 Å². The summed E-state index contributed by atoms with van der Waals surface area (Å²) in [6, 6.07) is 0. The first-order valence-corrected chi connectivity index (χ1v) is 3.17. The molecule has 56 valence electrons. The third-order valence-corrected chi connectivity index (χ3v) is 1.40. The monoisotopic (exact) mass is 141 g/mol. The molecule has 0 fully saturated rings. The average Bonchev–Trinajstić information content (AvgIpc) is 1.86. The lowest BCUT2D eigenvalue weighted by atomic mass is 10.0. The van der Waals surface area contributed by atoms with Gasteiger partial charge in [0.05, 0.1) is 0 Å². The van der Waals surface area contributed by atoms with Crippen molar-refractivity contribution in [2.24, 2.45) is 5.73 Å². The Bertz CT molecular complexity index is 182. The van der Waals surface area contributed by atoms with Gasteiger partial charge in [-0.1, -0.05) is 12.2 Å². The second kappa shape index (κ2) is 2.54. The van der Waals surface area contributed by atoms with Gasteiger partial charge in [0.1, 0.15) is 0 Å². The molecular formula is C7H11NO2. The Balaban J connectivity index is 2.75. The van der Waals surface area contributed by atoms with Gasteiger partial charge in [0.15, 0.2) is 5.79 Å². The van der Waals surface area contributed by atoms with Gasteiger partial charge in [0.2, 0.25) is 0 Å². The van der Waals surface area contributed by atoms with Gasteiger partial charge >= 0.3 is 0 Å². The van der Waals surface area contributed by atoms with E-state index in [0.29, 0.717) is 6.54 Å². The molecule has 0 unspecified atom stereocenters. The van der Waals surface area contributed by atoms with Crippen LogP contribution in [0.3, 0.4) is 0 Å². The number of aliphatic hydroxyl groups is 2. The predicted molar refractivity (Wildman–Crippen MR) is 38.1 cm³/mol. The zero-order valence-electron chi connectivity index (χ0n) is 5.62. The molecule has 1 rings (SSSR count). The second-order valence-electron chi connectivity index (χ2n) is 2.41. The van der Waals surface area contributed by atoms with E-state index < -0.39 is 5.79 Å². The predicted octanol–water partition coefficient (Wildman–Crippen LogP) is -0.488. The van der Waals surface area contributed by atoms with Crippen LogP contribution < -0.4 is 5.73 Å². The maximum Gasteiger partial charge on any atom is 0.186 e. The fourth-order valence-corrected chi connectivity index (χ4v) is 0.915. The quantitative estimate of drug-likeness (QED) is 0.432. The highest BCUT2D eigenvalue weighted by Gasteiger charge is 2.20. The summed E-state index contributed by atoms with van der Waals surface area (Å²) >= 11 is 0. The fourth-order valence-electron chi connectivity index (χ4n) is 0.915. The van der Waals surface area contributed by atoms with Gasteiger partial charge in [-0.05, 0) is 11.6 Å². The molecule has 0 aromatic rings. The van der Waals surface area contributed by atoms with Crippen LogP contribution in [0.1, 0.15) is 6.42 Å². The van der Waals surface area contributed by atoms with Crippen molar-refractivity contribution in [1.29, 1.82) is 0 Å². The van der Waals surface area contributed by atoms with Crippen molar-refractivity contribution in [2.75, 3.05) is 6.54 Å². The fraction of sp³-hybridized carbons (Fsp3) is 0.429. The lowest BCUT2D eigenvalue weighted by molar-refractivity contribution is -0.115. The van der Waals surface area contributed by atoms with Crippen molar-refractivity contribution in [3.8, 4) is 0 Å². The van der Waals surface area contributed by atoms with Crippen molar-refractivity contribution in [1.82, 2.24) is 0 Å². The van der Waals surface area contributed by atoms with Crippen LogP contribution in [0, 0.1) is 0 Å². The van der Waals surface area contributed by atoms with Crippen LogP contribution in [0.2, 0.25) is 0 Å². The van der Waals surface area contributed by atoms with Crippen molar-refractivity contribution in [3.05, 3.63) is 23.8 Å².